The van der Waals surface area contributed by atoms with E-state index in [-0.39, 0.29) is 6.10 Å². The van der Waals surface area contributed by atoms with Gasteiger partial charge in [0.2, 0.25) is 5.89 Å². The van der Waals surface area contributed by atoms with Crippen molar-refractivity contribution in [3.63, 3.8) is 0 Å². The molecule has 1 saturated carbocycles. The first-order chi connectivity index (χ1) is 9.38. The van der Waals surface area contributed by atoms with Gasteiger partial charge in [0.25, 0.3) is 0 Å². The predicted molar refractivity (Wildman–Crippen MR) is 77.3 cm³/mol. The van der Waals surface area contributed by atoms with E-state index in [1.165, 1.54) is 12.8 Å². The maximum Gasteiger partial charge on any atom is 0.229 e. The number of rotatable bonds is 5. The Morgan fingerprint density at radius 3 is 2.60 bits per heavy atom. The second-order valence-corrected chi connectivity index (χ2v) is 6.69. The molecule has 0 aromatic carbocycles. The lowest BCUT2D eigenvalue weighted by Gasteiger charge is -2.23. The van der Waals surface area contributed by atoms with Crippen LogP contribution in [0.1, 0.15) is 71.0 Å². The number of hydrogen-bond acceptors (Lipinski definition) is 5. The maximum absolute atomic E-state index is 6.24. The van der Waals surface area contributed by atoms with Crippen molar-refractivity contribution in [2.45, 2.75) is 70.9 Å². The minimum atomic E-state index is -0.700. The third-order valence-corrected chi connectivity index (χ3v) is 4.03. The SMILES string of the molecule is CC1CCC(c2nc(C(C)(N)COC(C)C)no2)CC1. The molecule has 2 N–H and O–H groups in total. The molecule has 0 bridgehead atoms. The molecule has 1 heterocycles. The quantitative estimate of drug-likeness (QED) is 0.898. The highest BCUT2D eigenvalue weighted by Gasteiger charge is 2.31. The Balaban J connectivity index is 2.00. The van der Waals surface area contributed by atoms with Crippen LogP contribution in [0.3, 0.4) is 0 Å². The van der Waals surface area contributed by atoms with Crippen LogP contribution in [0.25, 0.3) is 0 Å². The van der Waals surface area contributed by atoms with E-state index in [4.69, 9.17) is 15.0 Å². The van der Waals surface area contributed by atoms with Gasteiger partial charge in [0.15, 0.2) is 5.82 Å². The van der Waals surface area contributed by atoms with Gasteiger partial charge in [-0.15, -0.1) is 0 Å². The summed E-state index contributed by atoms with van der Waals surface area (Å²) < 4.78 is 11.0. The molecule has 5 heteroatoms. The van der Waals surface area contributed by atoms with Crippen LogP contribution in [-0.4, -0.2) is 22.9 Å². The summed E-state index contributed by atoms with van der Waals surface area (Å²) in [6, 6.07) is 0. The Morgan fingerprint density at radius 1 is 1.35 bits per heavy atom. The molecule has 0 spiro atoms. The molecule has 1 fully saturated rings. The van der Waals surface area contributed by atoms with Crippen LogP contribution in [0.5, 0.6) is 0 Å². The van der Waals surface area contributed by atoms with Crippen LogP contribution in [0, 0.1) is 5.92 Å². The average Bonchev–Trinajstić information content (AvgIpc) is 2.88. The van der Waals surface area contributed by atoms with Crippen LogP contribution in [0.15, 0.2) is 4.52 Å². The van der Waals surface area contributed by atoms with Crippen molar-refractivity contribution >= 4 is 0 Å². The summed E-state index contributed by atoms with van der Waals surface area (Å²) in [7, 11) is 0. The van der Waals surface area contributed by atoms with Gasteiger partial charge in [-0.1, -0.05) is 12.1 Å². The number of nitrogens with zero attached hydrogens (tertiary/aromatic N) is 2. The summed E-state index contributed by atoms with van der Waals surface area (Å²) in [5, 5.41) is 4.07. The lowest BCUT2D eigenvalue weighted by molar-refractivity contribution is 0.0410. The molecule has 20 heavy (non-hydrogen) atoms. The van der Waals surface area contributed by atoms with Crippen LogP contribution in [0.4, 0.5) is 0 Å². The first-order valence-electron chi connectivity index (χ1n) is 7.63. The minimum Gasteiger partial charge on any atom is -0.376 e. The van der Waals surface area contributed by atoms with Gasteiger partial charge in [-0.25, -0.2) is 0 Å². The second-order valence-electron chi connectivity index (χ2n) is 6.69. The molecule has 1 aliphatic carbocycles. The zero-order chi connectivity index (χ0) is 14.8. The molecule has 1 atom stereocenters. The van der Waals surface area contributed by atoms with Gasteiger partial charge in [-0.3, -0.25) is 0 Å². The number of ether oxygens (including phenoxy) is 1. The van der Waals surface area contributed by atoms with Crippen molar-refractivity contribution in [3.05, 3.63) is 11.7 Å². The highest BCUT2D eigenvalue weighted by atomic mass is 16.5. The third kappa shape index (κ3) is 3.79. The van der Waals surface area contributed by atoms with E-state index < -0.39 is 5.54 Å². The van der Waals surface area contributed by atoms with E-state index >= 15 is 0 Å². The van der Waals surface area contributed by atoms with Crippen LogP contribution >= 0.6 is 0 Å². The fourth-order valence-electron chi connectivity index (χ4n) is 2.54. The monoisotopic (exact) mass is 281 g/mol. The van der Waals surface area contributed by atoms with Gasteiger partial charge in [0, 0.05) is 5.92 Å². The Morgan fingerprint density at radius 2 is 2.00 bits per heavy atom. The van der Waals surface area contributed by atoms with Gasteiger partial charge < -0.3 is 15.0 Å². The van der Waals surface area contributed by atoms with Crippen molar-refractivity contribution < 1.29 is 9.26 Å². The van der Waals surface area contributed by atoms with E-state index in [0.717, 1.165) is 24.7 Å². The Hall–Kier alpha value is -0.940. The molecule has 1 aromatic heterocycles. The van der Waals surface area contributed by atoms with Crippen molar-refractivity contribution in [2.24, 2.45) is 11.7 Å². The Kier molecular flexibility index (Phi) is 4.81. The van der Waals surface area contributed by atoms with Crippen LogP contribution in [0.2, 0.25) is 0 Å². The summed E-state index contributed by atoms with van der Waals surface area (Å²) >= 11 is 0. The molecule has 2 rings (SSSR count). The van der Waals surface area contributed by atoms with Crippen molar-refractivity contribution in [1.29, 1.82) is 0 Å². The van der Waals surface area contributed by atoms with E-state index in [2.05, 4.69) is 17.1 Å². The molecule has 0 amide bonds. The fraction of sp³-hybridized carbons (Fsp3) is 0.867. The third-order valence-electron chi connectivity index (χ3n) is 4.03. The van der Waals surface area contributed by atoms with E-state index in [1.807, 2.05) is 20.8 Å². The summed E-state index contributed by atoms with van der Waals surface area (Å²) in [6.45, 7) is 8.55. The Labute approximate surface area is 121 Å². The van der Waals surface area contributed by atoms with Crippen molar-refractivity contribution in [1.82, 2.24) is 10.1 Å². The molecule has 5 nitrogen and oxygen atoms in total. The zero-order valence-corrected chi connectivity index (χ0v) is 13.1. The van der Waals surface area contributed by atoms with Gasteiger partial charge in [-0.2, -0.15) is 4.98 Å². The smallest absolute Gasteiger partial charge is 0.229 e. The van der Waals surface area contributed by atoms with Gasteiger partial charge in [0.1, 0.15) is 5.54 Å². The first kappa shape index (κ1) is 15.4. The zero-order valence-electron chi connectivity index (χ0n) is 13.1. The summed E-state index contributed by atoms with van der Waals surface area (Å²) in [6.07, 6.45) is 4.88. The normalized spacial score (nSPS) is 26.7. The predicted octanol–water partition coefficient (Wildman–Crippen LogP) is 2.96. The summed E-state index contributed by atoms with van der Waals surface area (Å²) in [5.74, 6) is 2.50. The molecular weight excluding hydrogens is 254 g/mol. The molecule has 1 unspecified atom stereocenters. The van der Waals surface area contributed by atoms with E-state index in [0.29, 0.717) is 18.3 Å². The average molecular weight is 281 g/mol. The van der Waals surface area contributed by atoms with Gasteiger partial charge in [0.05, 0.1) is 12.7 Å². The lowest BCUT2D eigenvalue weighted by Crippen LogP contribution is -2.40. The van der Waals surface area contributed by atoms with Crippen LogP contribution < -0.4 is 5.73 Å². The van der Waals surface area contributed by atoms with E-state index in [1.54, 1.807) is 0 Å². The van der Waals surface area contributed by atoms with Crippen LogP contribution in [-0.2, 0) is 10.3 Å². The fourth-order valence-corrected chi connectivity index (χ4v) is 2.54. The molecule has 1 aromatic rings. The molecule has 114 valence electrons. The standard InChI is InChI=1S/C15H27N3O2/c1-10(2)19-9-15(4,16)14-17-13(20-18-14)12-7-5-11(3)6-8-12/h10-12H,5-9,16H2,1-4H3. The number of hydrogen-bond donors (Lipinski definition) is 1. The van der Waals surface area contributed by atoms with Crippen molar-refractivity contribution in [3.8, 4) is 0 Å². The van der Waals surface area contributed by atoms with E-state index in [9.17, 15) is 0 Å². The summed E-state index contributed by atoms with van der Waals surface area (Å²) in [5.41, 5.74) is 5.54. The second kappa shape index (κ2) is 6.22. The first-order valence-corrected chi connectivity index (χ1v) is 7.63. The molecule has 0 saturated heterocycles. The summed E-state index contributed by atoms with van der Waals surface area (Å²) in [4.78, 5) is 4.53. The topological polar surface area (TPSA) is 74.2 Å². The highest BCUT2D eigenvalue weighted by molar-refractivity contribution is 5.04. The van der Waals surface area contributed by atoms with Gasteiger partial charge >= 0.3 is 0 Å². The maximum atomic E-state index is 6.24. The highest BCUT2D eigenvalue weighted by Crippen LogP contribution is 2.35. The minimum absolute atomic E-state index is 0.143. The largest absolute Gasteiger partial charge is 0.376 e. The molecular formula is C15H27N3O2. The Bertz CT molecular complexity index is 421. The molecule has 1 aliphatic rings. The molecule has 0 radical (unpaired) electrons. The number of nitrogens with two attached hydrogens (primary N) is 1. The molecule has 0 aliphatic heterocycles. The number of aromatic nitrogens is 2. The lowest BCUT2D eigenvalue weighted by atomic mass is 9.83. The van der Waals surface area contributed by atoms with Gasteiger partial charge in [-0.05, 0) is 52.4 Å². The van der Waals surface area contributed by atoms with Crippen molar-refractivity contribution in [2.75, 3.05) is 6.61 Å².